The Hall–Kier alpha value is -2.82. The van der Waals surface area contributed by atoms with Crippen LogP contribution in [0.3, 0.4) is 0 Å². The van der Waals surface area contributed by atoms with Gasteiger partial charge < -0.3 is 16.2 Å². The van der Waals surface area contributed by atoms with Gasteiger partial charge in [0.05, 0.1) is 6.21 Å². The van der Waals surface area contributed by atoms with Crippen LogP contribution < -0.4 is 16.2 Å². The topological polar surface area (TPSA) is 86.0 Å². The minimum Gasteiger partial charge on any atom is -0.488 e. The summed E-state index contributed by atoms with van der Waals surface area (Å²) in [6, 6.07) is 17.5. The molecule has 2 aromatic rings. The Morgan fingerprint density at radius 3 is 2.45 bits per heavy atom. The minimum atomic E-state index is -0.0797. The number of nitrogens with zero attached hydrogens (tertiary/aromatic N) is 2. The number of guanidine groups is 1. The molecule has 0 fully saturated rings. The summed E-state index contributed by atoms with van der Waals surface area (Å²) in [6.07, 6.45) is 1.56. The van der Waals surface area contributed by atoms with Gasteiger partial charge >= 0.3 is 0 Å². The Morgan fingerprint density at radius 1 is 1.00 bits per heavy atom. The minimum absolute atomic E-state index is 0.0797. The van der Waals surface area contributed by atoms with E-state index in [2.05, 4.69) is 10.2 Å². The van der Waals surface area contributed by atoms with E-state index in [0.29, 0.717) is 6.61 Å². The molecule has 0 radical (unpaired) electrons. The second-order valence-corrected chi connectivity index (χ2v) is 4.08. The fourth-order valence-corrected chi connectivity index (χ4v) is 1.61. The van der Waals surface area contributed by atoms with E-state index >= 15 is 0 Å². The zero-order valence-corrected chi connectivity index (χ0v) is 10.9. The summed E-state index contributed by atoms with van der Waals surface area (Å²) in [5.74, 6) is 0.648. The third-order valence-electron chi connectivity index (χ3n) is 2.53. The van der Waals surface area contributed by atoms with Gasteiger partial charge in [0, 0.05) is 5.56 Å². The van der Waals surface area contributed by atoms with Crippen LogP contribution in [-0.2, 0) is 6.61 Å². The number of benzene rings is 2. The lowest BCUT2D eigenvalue weighted by atomic mass is 10.2. The second kappa shape index (κ2) is 6.94. The fourth-order valence-electron chi connectivity index (χ4n) is 1.61. The van der Waals surface area contributed by atoms with E-state index in [-0.39, 0.29) is 5.96 Å². The first-order chi connectivity index (χ1) is 9.75. The molecule has 0 bridgehead atoms. The predicted molar refractivity (Wildman–Crippen MR) is 80.6 cm³/mol. The summed E-state index contributed by atoms with van der Waals surface area (Å²) in [5, 5.41) is 7.36. The molecule has 4 N–H and O–H groups in total. The summed E-state index contributed by atoms with van der Waals surface area (Å²) < 4.78 is 5.78. The van der Waals surface area contributed by atoms with Crippen LogP contribution in [0.4, 0.5) is 0 Å². The Kier molecular flexibility index (Phi) is 4.72. The Labute approximate surface area is 117 Å². The number of ether oxygens (including phenoxy) is 1. The molecule has 2 rings (SSSR count). The highest BCUT2D eigenvalue weighted by molar-refractivity contribution is 5.84. The molecule has 0 saturated heterocycles. The van der Waals surface area contributed by atoms with Gasteiger partial charge in [-0.2, -0.15) is 5.10 Å². The zero-order chi connectivity index (χ0) is 14.2. The Balaban J connectivity index is 2.08. The van der Waals surface area contributed by atoms with E-state index in [1.54, 1.807) is 6.21 Å². The van der Waals surface area contributed by atoms with Gasteiger partial charge in [0.2, 0.25) is 5.96 Å². The first-order valence-corrected chi connectivity index (χ1v) is 6.13. The maximum absolute atomic E-state index is 5.78. The Bertz CT molecular complexity index is 604. The maximum atomic E-state index is 5.78. The van der Waals surface area contributed by atoms with Gasteiger partial charge in [-0.25, -0.2) is 0 Å². The summed E-state index contributed by atoms with van der Waals surface area (Å²) in [4.78, 5) is 0. The van der Waals surface area contributed by atoms with Crippen molar-refractivity contribution in [1.29, 1.82) is 0 Å². The highest BCUT2D eigenvalue weighted by Crippen LogP contribution is 2.17. The number of para-hydroxylation sites is 1. The van der Waals surface area contributed by atoms with E-state index in [1.165, 1.54) is 0 Å². The molecule has 5 nitrogen and oxygen atoms in total. The van der Waals surface area contributed by atoms with E-state index < -0.39 is 0 Å². The van der Waals surface area contributed by atoms with Gasteiger partial charge in [0.1, 0.15) is 12.4 Å². The molecule has 0 aliphatic rings. The molecule has 102 valence electrons. The molecule has 0 heterocycles. The normalized spacial score (nSPS) is 10.4. The number of rotatable bonds is 5. The average Bonchev–Trinajstić information content (AvgIpc) is 2.47. The van der Waals surface area contributed by atoms with Crippen LogP contribution in [0.25, 0.3) is 0 Å². The van der Waals surface area contributed by atoms with Gasteiger partial charge in [-0.3, -0.25) is 0 Å². The molecule has 2 aromatic carbocycles. The van der Waals surface area contributed by atoms with E-state index in [0.717, 1.165) is 16.9 Å². The van der Waals surface area contributed by atoms with Crippen molar-refractivity contribution in [2.45, 2.75) is 6.61 Å². The molecule has 0 unspecified atom stereocenters. The molecule has 0 amide bonds. The van der Waals surface area contributed by atoms with Gasteiger partial charge in [0.25, 0.3) is 0 Å². The quantitative estimate of drug-likeness (QED) is 0.493. The summed E-state index contributed by atoms with van der Waals surface area (Å²) >= 11 is 0. The van der Waals surface area contributed by atoms with Crippen LogP contribution in [0, 0.1) is 0 Å². The lowest BCUT2D eigenvalue weighted by Gasteiger charge is -2.08. The molecule has 0 spiro atoms. The third kappa shape index (κ3) is 4.13. The number of nitrogens with two attached hydrogens (primary N) is 2. The van der Waals surface area contributed by atoms with Crippen molar-refractivity contribution in [3.63, 3.8) is 0 Å². The van der Waals surface area contributed by atoms with Gasteiger partial charge in [-0.15, -0.1) is 5.10 Å². The summed E-state index contributed by atoms with van der Waals surface area (Å²) in [5.41, 5.74) is 12.3. The fraction of sp³-hybridized carbons (Fsp3) is 0.0667. The first kappa shape index (κ1) is 13.6. The summed E-state index contributed by atoms with van der Waals surface area (Å²) in [7, 11) is 0. The smallest absolute Gasteiger partial charge is 0.211 e. The monoisotopic (exact) mass is 268 g/mol. The summed E-state index contributed by atoms with van der Waals surface area (Å²) in [6.45, 7) is 0.494. The third-order valence-corrected chi connectivity index (χ3v) is 2.53. The van der Waals surface area contributed by atoms with Crippen LogP contribution in [0.5, 0.6) is 5.75 Å². The standard InChI is InChI=1S/C15H16N4O/c16-15(17)19-18-10-13-8-4-5-9-14(13)20-11-12-6-2-1-3-7-12/h1-10H,11H2,(H4,16,17,19)/b18-10-. The van der Waals surface area contributed by atoms with Crippen molar-refractivity contribution >= 4 is 12.2 Å². The first-order valence-electron chi connectivity index (χ1n) is 6.13. The number of hydrogen-bond acceptors (Lipinski definition) is 3. The van der Waals surface area contributed by atoms with Crippen molar-refractivity contribution in [1.82, 2.24) is 0 Å². The molecule has 5 heteroatoms. The van der Waals surface area contributed by atoms with Crippen LogP contribution >= 0.6 is 0 Å². The van der Waals surface area contributed by atoms with E-state index in [4.69, 9.17) is 16.2 Å². The number of hydrogen-bond donors (Lipinski definition) is 2. The molecule has 0 saturated carbocycles. The van der Waals surface area contributed by atoms with Crippen molar-refractivity contribution in [2.24, 2.45) is 21.7 Å². The largest absolute Gasteiger partial charge is 0.488 e. The molecule has 0 atom stereocenters. The highest BCUT2D eigenvalue weighted by Gasteiger charge is 2.00. The predicted octanol–water partition coefficient (Wildman–Crippen LogP) is 1.87. The lowest BCUT2D eigenvalue weighted by Crippen LogP contribution is -2.21. The van der Waals surface area contributed by atoms with Crippen LogP contribution in [0.15, 0.2) is 64.8 Å². The van der Waals surface area contributed by atoms with Gasteiger partial charge in [-0.05, 0) is 17.7 Å². The van der Waals surface area contributed by atoms with Crippen LogP contribution in [0.2, 0.25) is 0 Å². The van der Waals surface area contributed by atoms with Crippen molar-refractivity contribution in [3.8, 4) is 5.75 Å². The molecule has 20 heavy (non-hydrogen) atoms. The molecular formula is C15H16N4O. The van der Waals surface area contributed by atoms with Crippen molar-refractivity contribution < 1.29 is 4.74 Å². The van der Waals surface area contributed by atoms with Crippen LogP contribution in [-0.4, -0.2) is 12.2 Å². The van der Waals surface area contributed by atoms with E-state index in [1.807, 2.05) is 54.6 Å². The zero-order valence-electron chi connectivity index (χ0n) is 10.9. The average molecular weight is 268 g/mol. The second-order valence-electron chi connectivity index (χ2n) is 4.08. The van der Waals surface area contributed by atoms with Crippen molar-refractivity contribution in [3.05, 3.63) is 65.7 Å². The van der Waals surface area contributed by atoms with Gasteiger partial charge in [-0.1, -0.05) is 42.5 Å². The van der Waals surface area contributed by atoms with Crippen LogP contribution in [0.1, 0.15) is 11.1 Å². The SMILES string of the molecule is NC(N)=N/N=C\c1ccccc1OCc1ccccc1. The van der Waals surface area contributed by atoms with E-state index in [9.17, 15) is 0 Å². The maximum Gasteiger partial charge on any atom is 0.211 e. The lowest BCUT2D eigenvalue weighted by molar-refractivity contribution is 0.306. The Morgan fingerprint density at radius 2 is 1.70 bits per heavy atom. The van der Waals surface area contributed by atoms with Gasteiger partial charge in [0.15, 0.2) is 0 Å². The molecule has 0 aliphatic carbocycles. The van der Waals surface area contributed by atoms with Crippen molar-refractivity contribution in [2.75, 3.05) is 0 Å². The molecule has 0 aliphatic heterocycles. The molecule has 0 aromatic heterocycles. The molecular weight excluding hydrogens is 252 g/mol. The highest BCUT2D eigenvalue weighted by atomic mass is 16.5.